The van der Waals surface area contributed by atoms with E-state index in [0.29, 0.717) is 26.1 Å². The van der Waals surface area contributed by atoms with Gasteiger partial charge in [-0.25, -0.2) is 13.9 Å². The van der Waals surface area contributed by atoms with E-state index in [4.69, 9.17) is 0 Å². The van der Waals surface area contributed by atoms with E-state index in [-0.39, 0.29) is 17.3 Å². The summed E-state index contributed by atoms with van der Waals surface area (Å²) in [7, 11) is 1.77. The Morgan fingerprint density at radius 3 is 2.79 bits per heavy atom. The van der Waals surface area contributed by atoms with Crippen LogP contribution in [-0.2, 0) is 18.9 Å². The molecule has 8 heteroatoms. The Balaban J connectivity index is 1.54. The molecular formula is C16H21FN6O. The molecule has 2 aromatic rings. The Morgan fingerprint density at radius 2 is 2.12 bits per heavy atom. The lowest BCUT2D eigenvalue weighted by Crippen LogP contribution is -2.41. The van der Waals surface area contributed by atoms with Gasteiger partial charge in [0, 0.05) is 38.5 Å². The predicted molar refractivity (Wildman–Crippen MR) is 85.8 cm³/mol. The number of aryl methyl sites for hydroxylation is 1. The second-order valence-electron chi connectivity index (χ2n) is 6.44. The lowest BCUT2D eigenvalue weighted by molar-refractivity contribution is 0.206. The van der Waals surface area contributed by atoms with Crippen molar-refractivity contribution in [3.8, 4) is 0 Å². The van der Waals surface area contributed by atoms with Crippen LogP contribution in [0.3, 0.4) is 0 Å². The van der Waals surface area contributed by atoms with Crippen molar-refractivity contribution in [2.75, 3.05) is 19.6 Å². The Morgan fingerprint density at radius 1 is 1.38 bits per heavy atom. The summed E-state index contributed by atoms with van der Waals surface area (Å²) >= 11 is 0. The van der Waals surface area contributed by atoms with Gasteiger partial charge in [0.15, 0.2) is 5.82 Å². The van der Waals surface area contributed by atoms with E-state index in [1.165, 1.54) is 12.1 Å². The fraction of sp³-hybridized carbons (Fsp3) is 0.500. The first-order valence-corrected chi connectivity index (χ1v) is 7.98. The molecule has 1 aromatic heterocycles. The van der Waals surface area contributed by atoms with Gasteiger partial charge in [-0.3, -0.25) is 0 Å². The number of urea groups is 1. The first kappa shape index (κ1) is 16.4. The van der Waals surface area contributed by atoms with Crippen LogP contribution in [0.15, 0.2) is 24.3 Å². The van der Waals surface area contributed by atoms with Crippen LogP contribution in [0.25, 0.3) is 0 Å². The third-order valence-corrected chi connectivity index (χ3v) is 4.63. The number of hydrogen-bond acceptors (Lipinski definition) is 4. The zero-order valence-electron chi connectivity index (χ0n) is 13.9. The summed E-state index contributed by atoms with van der Waals surface area (Å²) in [6.07, 6.45) is 1.44. The maximum Gasteiger partial charge on any atom is 0.317 e. The molecule has 1 aliphatic rings. The molecule has 1 aliphatic heterocycles. The first-order chi connectivity index (χ1) is 11.5. The third kappa shape index (κ3) is 3.37. The quantitative estimate of drug-likeness (QED) is 0.915. The highest BCUT2D eigenvalue weighted by Crippen LogP contribution is 2.34. The molecule has 1 N–H and O–H groups in total. The minimum Gasteiger partial charge on any atom is -0.338 e. The number of halogens is 1. The molecule has 1 unspecified atom stereocenters. The Labute approximate surface area is 139 Å². The molecule has 1 fully saturated rings. The SMILES string of the molecule is Cn1nnnc1CCNC(=O)N1CCC(C)(c2ccc(F)cc2)C1. The zero-order valence-corrected chi connectivity index (χ0v) is 13.9. The summed E-state index contributed by atoms with van der Waals surface area (Å²) in [5.41, 5.74) is 0.919. The predicted octanol–water partition coefficient (Wildman–Crippen LogP) is 1.26. The third-order valence-electron chi connectivity index (χ3n) is 4.63. The van der Waals surface area contributed by atoms with Crippen LogP contribution in [0, 0.1) is 5.82 Å². The van der Waals surface area contributed by atoms with Crippen molar-refractivity contribution in [2.45, 2.75) is 25.2 Å². The highest BCUT2D eigenvalue weighted by Gasteiger charge is 2.37. The normalized spacial score (nSPS) is 20.4. The van der Waals surface area contributed by atoms with Gasteiger partial charge in [0.1, 0.15) is 5.82 Å². The van der Waals surface area contributed by atoms with Crippen LogP contribution in [0.1, 0.15) is 24.7 Å². The molecule has 1 aromatic carbocycles. The van der Waals surface area contributed by atoms with Crippen LogP contribution in [0.4, 0.5) is 9.18 Å². The Kier molecular flexibility index (Phi) is 4.46. The molecule has 0 spiro atoms. The lowest BCUT2D eigenvalue weighted by atomic mass is 9.82. The van der Waals surface area contributed by atoms with Gasteiger partial charge in [-0.2, -0.15) is 0 Å². The van der Waals surface area contributed by atoms with E-state index in [1.807, 2.05) is 0 Å². The maximum atomic E-state index is 13.1. The fourth-order valence-electron chi connectivity index (χ4n) is 3.08. The summed E-state index contributed by atoms with van der Waals surface area (Å²) in [6.45, 7) is 3.90. The van der Waals surface area contributed by atoms with Crippen molar-refractivity contribution in [3.63, 3.8) is 0 Å². The van der Waals surface area contributed by atoms with Crippen molar-refractivity contribution in [2.24, 2.45) is 7.05 Å². The van der Waals surface area contributed by atoms with E-state index in [9.17, 15) is 9.18 Å². The highest BCUT2D eigenvalue weighted by atomic mass is 19.1. The van der Waals surface area contributed by atoms with Gasteiger partial charge in [0.25, 0.3) is 0 Å². The minimum absolute atomic E-state index is 0.0871. The number of nitrogens with zero attached hydrogens (tertiary/aromatic N) is 5. The molecule has 0 radical (unpaired) electrons. The Bertz CT molecular complexity index is 716. The monoisotopic (exact) mass is 332 g/mol. The number of amides is 2. The molecule has 1 atom stereocenters. The molecule has 0 saturated carbocycles. The largest absolute Gasteiger partial charge is 0.338 e. The molecule has 3 rings (SSSR count). The van der Waals surface area contributed by atoms with Gasteiger partial charge in [-0.05, 0) is 34.5 Å². The lowest BCUT2D eigenvalue weighted by Gasteiger charge is -2.25. The summed E-state index contributed by atoms with van der Waals surface area (Å²) in [5, 5.41) is 14.1. The second kappa shape index (κ2) is 6.54. The summed E-state index contributed by atoms with van der Waals surface area (Å²) in [6, 6.07) is 6.46. The number of carbonyl (C=O) groups excluding carboxylic acids is 1. The topological polar surface area (TPSA) is 75.9 Å². The number of hydrogen-bond donors (Lipinski definition) is 1. The van der Waals surface area contributed by atoms with E-state index >= 15 is 0 Å². The van der Waals surface area contributed by atoms with Gasteiger partial charge >= 0.3 is 6.03 Å². The average Bonchev–Trinajstić information content (AvgIpc) is 3.15. The molecule has 7 nitrogen and oxygen atoms in total. The van der Waals surface area contributed by atoms with Gasteiger partial charge in [0.05, 0.1) is 0 Å². The number of nitrogens with one attached hydrogen (secondary N) is 1. The highest BCUT2D eigenvalue weighted by molar-refractivity contribution is 5.74. The van der Waals surface area contributed by atoms with Crippen molar-refractivity contribution in [1.29, 1.82) is 0 Å². The van der Waals surface area contributed by atoms with Crippen molar-refractivity contribution in [3.05, 3.63) is 41.5 Å². The first-order valence-electron chi connectivity index (χ1n) is 7.98. The van der Waals surface area contributed by atoms with Crippen LogP contribution in [0.2, 0.25) is 0 Å². The standard InChI is InChI=1S/C16H21FN6O/c1-16(12-3-5-13(17)6-4-12)8-10-23(11-16)15(24)18-9-7-14-19-20-21-22(14)2/h3-6H,7-11H2,1-2H3,(H,18,24). The van der Waals surface area contributed by atoms with E-state index in [0.717, 1.165) is 17.8 Å². The molecule has 0 bridgehead atoms. The summed E-state index contributed by atoms with van der Waals surface area (Å²) < 4.78 is 14.7. The van der Waals surface area contributed by atoms with Gasteiger partial charge in [-0.1, -0.05) is 19.1 Å². The molecule has 24 heavy (non-hydrogen) atoms. The van der Waals surface area contributed by atoms with Gasteiger partial charge in [0.2, 0.25) is 0 Å². The Hall–Kier alpha value is -2.51. The summed E-state index contributed by atoms with van der Waals surface area (Å²) in [4.78, 5) is 14.1. The van der Waals surface area contributed by atoms with Crippen LogP contribution >= 0.6 is 0 Å². The molecule has 128 valence electrons. The number of rotatable bonds is 4. The van der Waals surface area contributed by atoms with Crippen molar-refractivity contribution >= 4 is 6.03 Å². The number of benzene rings is 1. The van der Waals surface area contributed by atoms with Crippen LogP contribution in [0.5, 0.6) is 0 Å². The molecule has 2 amide bonds. The van der Waals surface area contributed by atoms with Gasteiger partial charge in [-0.15, -0.1) is 5.10 Å². The summed E-state index contributed by atoms with van der Waals surface area (Å²) in [5.74, 6) is 0.487. The van der Waals surface area contributed by atoms with Gasteiger partial charge < -0.3 is 10.2 Å². The van der Waals surface area contributed by atoms with Crippen molar-refractivity contribution in [1.82, 2.24) is 30.4 Å². The van der Waals surface area contributed by atoms with Crippen LogP contribution in [-0.4, -0.2) is 50.8 Å². The number of likely N-dealkylation sites (tertiary alicyclic amines) is 1. The second-order valence-corrected chi connectivity index (χ2v) is 6.44. The van der Waals surface area contributed by atoms with E-state index in [1.54, 1.807) is 28.8 Å². The zero-order chi connectivity index (χ0) is 17.2. The minimum atomic E-state index is -0.242. The van der Waals surface area contributed by atoms with E-state index < -0.39 is 0 Å². The average molecular weight is 332 g/mol. The molecule has 0 aliphatic carbocycles. The number of carbonyl (C=O) groups is 1. The smallest absolute Gasteiger partial charge is 0.317 e. The maximum absolute atomic E-state index is 13.1. The number of tetrazole rings is 1. The van der Waals surface area contributed by atoms with Crippen molar-refractivity contribution < 1.29 is 9.18 Å². The van der Waals surface area contributed by atoms with Crippen LogP contribution < -0.4 is 5.32 Å². The molecule has 2 heterocycles. The fourth-order valence-corrected chi connectivity index (χ4v) is 3.08. The number of aromatic nitrogens is 4. The molecular weight excluding hydrogens is 311 g/mol. The molecule has 1 saturated heterocycles. The van der Waals surface area contributed by atoms with E-state index in [2.05, 4.69) is 27.8 Å².